The lowest BCUT2D eigenvalue weighted by Gasteiger charge is -1.99. The topological polar surface area (TPSA) is 43.8 Å². The minimum absolute atomic E-state index is 0.0795. The largest absolute Gasteiger partial charge is 0.396 e. The third kappa shape index (κ3) is 2.38. The summed E-state index contributed by atoms with van der Waals surface area (Å²) in [6.07, 6.45) is 3.34. The molecule has 0 radical (unpaired) electrons. The molecule has 0 atom stereocenters. The van der Waals surface area contributed by atoms with Crippen LogP contribution in [0.15, 0.2) is 36.4 Å². The van der Waals surface area contributed by atoms with Crippen molar-refractivity contribution in [2.45, 2.75) is 0 Å². The fourth-order valence-corrected chi connectivity index (χ4v) is 2.26. The monoisotopic (exact) mass is 285 g/mol. The highest BCUT2D eigenvalue weighted by atomic mass is 19.1. The van der Waals surface area contributed by atoms with E-state index in [-0.39, 0.29) is 11.5 Å². The molecule has 0 aliphatic rings. The number of fused-ring (bicyclic) bond motifs is 1. The predicted molar refractivity (Wildman–Crippen MR) is 80.4 cm³/mol. The number of rotatable bonds is 2. The summed E-state index contributed by atoms with van der Waals surface area (Å²) in [4.78, 5) is 0. The van der Waals surface area contributed by atoms with E-state index in [1.807, 2.05) is 0 Å². The first-order valence-electron chi connectivity index (χ1n) is 6.40. The molecule has 0 unspecified atom stereocenters. The quantitative estimate of drug-likeness (QED) is 0.731. The number of nitrogens with zero attached hydrogens (tertiary/aromatic N) is 2. The number of hydrogen-bond donors (Lipinski definition) is 1. The smallest absolute Gasteiger partial charge is 0.157 e. The Kier molecular flexibility index (Phi) is 3.17. The zero-order valence-corrected chi connectivity index (χ0v) is 11.3. The van der Waals surface area contributed by atoms with E-state index >= 15 is 0 Å². The number of nitrogen functional groups attached to an aromatic ring is 1. The van der Waals surface area contributed by atoms with Gasteiger partial charge in [-0.3, -0.25) is 4.68 Å². The van der Waals surface area contributed by atoms with Gasteiger partial charge in [0.15, 0.2) is 5.82 Å². The van der Waals surface area contributed by atoms with Crippen LogP contribution < -0.4 is 5.73 Å². The van der Waals surface area contributed by atoms with Crippen LogP contribution in [0.1, 0.15) is 11.3 Å². The maximum atomic E-state index is 14.2. The molecule has 0 bridgehead atoms. The van der Waals surface area contributed by atoms with E-state index in [1.54, 1.807) is 42.1 Å². The average Bonchev–Trinajstić information content (AvgIpc) is 2.78. The van der Waals surface area contributed by atoms with Crippen molar-refractivity contribution in [1.82, 2.24) is 9.78 Å². The summed E-state index contributed by atoms with van der Waals surface area (Å²) in [6, 6.07) is 9.37. The molecule has 0 fully saturated rings. The maximum absolute atomic E-state index is 14.2. The molecule has 5 heteroatoms. The fraction of sp³-hybridized carbons (Fsp3) is 0.0625. The number of hydrogen-bond acceptors (Lipinski definition) is 2. The lowest BCUT2D eigenvalue weighted by atomic mass is 10.1. The molecule has 0 saturated carbocycles. The lowest BCUT2D eigenvalue weighted by molar-refractivity contribution is 0.627. The number of anilines is 1. The number of aromatic nitrogens is 2. The second-order valence-electron chi connectivity index (χ2n) is 4.76. The molecule has 1 aromatic heterocycles. The van der Waals surface area contributed by atoms with Crippen LogP contribution in [0.25, 0.3) is 23.1 Å². The Balaban J connectivity index is 2.11. The Morgan fingerprint density at radius 1 is 1.14 bits per heavy atom. The number of halogens is 2. The van der Waals surface area contributed by atoms with Crippen molar-refractivity contribution in [3.05, 3.63) is 59.3 Å². The Morgan fingerprint density at radius 2 is 1.95 bits per heavy atom. The van der Waals surface area contributed by atoms with Crippen molar-refractivity contribution >= 4 is 28.7 Å². The van der Waals surface area contributed by atoms with Gasteiger partial charge in [-0.2, -0.15) is 5.10 Å². The third-order valence-corrected chi connectivity index (χ3v) is 3.29. The van der Waals surface area contributed by atoms with Crippen molar-refractivity contribution in [3.8, 4) is 0 Å². The van der Waals surface area contributed by atoms with E-state index in [9.17, 15) is 8.78 Å². The van der Waals surface area contributed by atoms with Crippen molar-refractivity contribution in [2.24, 2.45) is 7.05 Å². The molecule has 0 saturated heterocycles. The summed E-state index contributed by atoms with van der Waals surface area (Å²) < 4.78 is 28.9. The van der Waals surface area contributed by atoms with Gasteiger partial charge >= 0.3 is 0 Å². The van der Waals surface area contributed by atoms with Crippen LogP contribution in [0.4, 0.5) is 14.5 Å². The molecule has 0 spiro atoms. The van der Waals surface area contributed by atoms with Crippen LogP contribution in [0.3, 0.4) is 0 Å². The molecule has 3 nitrogen and oxygen atoms in total. The van der Waals surface area contributed by atoms with Crippen LogP contribution >= 0.6 is 0 Å². The van der Waals surface area contributed by atoms with E-state index in [0.717, 1.165) is 0 Å². The Bertz CT molecular complexity index is 850. The van der Waals surface area contributed by atoms with Crippen molar-refractivity contribution in [3.63, 3.8) is 0 Å². The van der Waals surface area contributed by atoms with E-state index in [0.29, 0.717) is 22.2 Å². The summed E-state index contributed by atoms with van der Waals surface area (Å²) >= 11 is 0. The van der Waals surface area contributed by atoms with Gasteiger partial charge in [0.1, 0.15) is 5.82 Å². The molecule has 2 N–H and O–H groups in total. The highest BCUT2D eigenvalue weighted by Gasteiger charge is 2.13. The molecule has 1 heterocycles. The van der Waals surface area contributed by atoms with Crippen LogP contribution in [0, 0.1) is 11.6 Å². The van der Waals surface area contributed by atoms with Gasteiger partial charge in [0.05, 0.1) is 22.3 Å². The molecule has 0 aliphatic heterocycles. The van der Waals surface area contributed by atoms with Gasteiger partial charge in [-0.05, 0) is 35.9 Å². The standard InChI is InChI=1S/C16H13F2N3/c1-21-14-8-6-12(19)16(18)15(14)13(20-21)7-5-10-3-2-4-11(17)9-10/h2-9H,19H2,1H3/b7-5+. The minimum Gasteiger partial charge on any atom is -0.396 e. The average molecular weight is 285 g/mol. The van der Waals surface area contributed by atoms with Crippen LogP contribution in [0.2, 0.25) is 0 Å². The highest BCUT2D eigenvalue weighted by molar-refractivity contribution is 5.92. The van der Waals surface area contributed by atoms with Crippen molar-refractivity contribution in [1.29, 1.82) is 0 Å². The van der Waals surface area contributed by atoms with Crippen molar-refractivity contribution in [2.75, 3.05) is 5.73 Å². The second-order valence-corrected chi connectivity index (χ2v) is 4.76. The first kappa shape index (κ1) is 13.3. The summed E-state index contributed by atoms with van der Waals surface area (Å²) in [5.74, 6) is -0.807. The van der Waals surface area contributed by atoms with Gasteiger partial charge in [0.2, 0.25) is 0 Å². The fourth-order valence-electron chi connectivity index (χ4n) is 2.26. The Hall–Kier alpha value is -2.69. The number of aryl methyl sites for hydroxylation is 1. The van der Waals surface area contributed by atoms with Crippen LogP contribution in [-0.4, -0.2) is 9.78 Å². The number of benzene rings is 2. The summed E-state index contributed by atoms with van der Waals surface area (Å²) in [5, 5.41) is 4.64. The SMILES string of the molecule is Cn1nc(/C=C/c2cccc(F)c2)c2c(F)c(N)ccc21. The van der Waals surface area contributed by atoms with Crippen molar-refractivity contribution < 1.29 is 8.78 Å². The Labute approximate surface area is 120 Å². The van der Waals surface area contributed by atoms with Gasteiger partial charge < -0.3 is 5.73 Å². The molecule has 0 amide bonds. The van der Waals surface area contributed by atoms with Gasteiger partial charge in [-0.1, -0.05) is 18.2 Å². The Morgan fingerprint density at radius 3 is 2.71 bits per heavy atom. The van der Waals surface area contributed by atoms with Crippen LogP contribution in [0.5, 0.6) is 0 Å². The molecule has 3 aromatic rings. The normalized spacial score (nSPS) is 11.6. The predicted octanol–water partition coefficient (Wildman–Crippen LogP) is 3.60. The highest BCUT2D eigenvalue weighted by Crippen LogP contribution is 2.26. The van der Waals surface area contributed by atoms with Gasteiger partial charge in [0, 0.05) is 7.05 Å². The van der Waals surface area contributed by atoms with E-state index in [1.165, 1.54) is 18.2 Å². The van der Waals surface area contributed by atoms with Gasteiger partial charge in [-0.25, -0.2) is 8.78 Å². The first-order valence-corrected chi connectivity index (χ1v) is 6.40. The van der Waals surface area contributed by atoms with E-state index < -0.39 is 5.82 Å². The van der Waals surface area contributed by atoms with Crippen LogP contribution in [-0.2, 0) is 7.05 Å². The summed E-state index contributed by atoms with van der Waals surface area (Å²) in [5.41, 5.74) is 7.48. The third-order valence-electron chi connectivity index (χ3n) is 3.29. The zero-order chi connectivity index (χ0) is 15.0. The molecule has 21 heavy (non-hydrogen) atoms. The molecular formula is C16H13F2N3. The molecule has 0 aliphatic carbocycles. The summed E-state index contributed by atoms with van der Waals surface area (Å²) in [7, 11) is 1.73. The number of nitrogens with two attached hydrogens (primary N) is 1. The summed E-state index contributed by atoms with van der Waals surface area (Å²) in [6.45, 7) is 0. The maximum Gasteiger partial charge on any atom is 0.157 e. The molecule has 2 aromatic carbocycles. The molecular weight excluding hydrogens is 272 g/mol. The minimum atomic E-state index is -0.487. The van der Waals surface area contributed by atoms with Gasteiger partial charge in [0.25, 0.3) is 0 Å². The van der Waals surface area contributed by atoms with Gasteiger partial charge in [-0.15, -0.1) is 0 Å². The lowest BCUT2D eigenvalue weighted by Crippen LogP contribution is -1.92. The van der Waals surface area contributed by atoms with E-state index in [4.69, 9.17) is 5.73 Å². The van der Waals surface area contributed by atoms with E-state index in [2.05, 4.69) is 5.10 Å². The first-order chi connectivity index (χ1) is 10.1. The molecule has 3 rings (SSSR count). The molecule has 106 valence electrons. The zero-order valence-electron chi connectivity index (χ0n) is 11.3. The second kappa shape index (κ2) is 5.01.